The molecule has 0 spiro atoms. The van der Waals surface area contributed by atoms with Crippen molar-refractivity contribution in [2.24, 2.45) is 17.8 Å². The SMILES string of the molecule is CC1=CC(=O)C2=C(C1=O)[C@@H](c1cccc(C)c1O)C1=CC[C@@H]3C(=O)N(c4cccc(B(O)O)c4)C(=O)[C@@H]3[C@@H]1C2. The molecule has 1 aliphatic heterocycles. The molecule has 4 atom stereocenters. The lowest BCUT2D eigenvalue weighted by Gasteiger charge is -2.42. The number of aromatic hydroxyl groups is 1. The summed E-state index contributed by atoms with van der Waals surface area (Å²) in [5.41, 5.74) is 3.25. The van der Waals surface area contributed by atoms with Crippen LogP contribution >= 0.6 is 0 Å². The maximum Gasteiger partial charge on any atom is 0.488 e. The molecule has 3 aliphatic carbocycles. The highest BCUT2D eigenvalue weighted by Crippen LogP contribution is 2.56. The highest BCUT2D eigenvalue weighted by atomic mass is 16.4. The Morgan fingerprint density at radius 1 is 0.949 bits per heavy atom. The molecule has 196 valence electrons. The van der Waals surface area contributed by atoms with E-state index in [0.29, 0.717) is 27.8 Å². The summed E-state index contributed by atoms with van der Waals surface area (Å²) in [6.45, 7) is 3.36. The molecule has 2 aromatic rings. The number of hydrogen-bond acceptors (Lipinski definition) is 7. The van der Waals surface area contributed by atoms with E-state index in [2.05, 4.69) is 0 Å². The number of para-hydroxylation sites is 1. The summed E-state index contributed by atoms with van der Waals surface area (Å²) >= 11 is 0. The minimum absolute atomic E-state index is 0.0281. The number of benzene rings is 2. The van der Waals surface area contributed by atoms with Crippen molar-refractivity contribution in [1.82, 2.24) is 0 Å². The quantitative estimate of drug-likeness (QED) is 0.243. The Bertz CT molecular complexity index is 1580. The molecule has 8 nitrogen and oxygen atoms in total. The standard InChI is InChI=1S/C30H26BNO7/c1-14-5-3-8-19(27(14)34)24-18-9-10-20-25(21(18)13-22-23(33)11-15(2)28(35)26(22)24)30(37)32(29(20)36)17-7-4-6-16(12-17)31(38)39/h3-9,11-12,20-21,24-25,34,38-39H,10,13H2,1-2H3/t20-,21+,24+,25-/m0/s1. The first-order valence-corrected chi connectivity index (χ1v) is 12.9. The van der Waals surface area contributed by atoms with Gasteiger partial charge in [0.1, 0.15) is 5.75 Å². The third-order valence-electron chi connectivity index (χ3n) is 8.57. The Morgan fingerprint density at radius 2 is 1.69 bits per heavy atom. The number of ketones is 2. The van der Waals surface area contributed by atoms with E-state index < -0.39 is 36.7 Å². The molecule has 9 heteroatoms. The van der Waals surface area contributed by atoms with E-state index in [1.54, 1.807) is 44.2 Å². The predicted octanol–water partition coefficient (Wildman–Crippen LogP) is 2.01. The normalized spacial score (nSPS) is 26.2. The van der Waals surface area contributed by atoms with E-state index in [1.165, 1.54) is 18.2 Å². The zero-order chi connectivity index (χ0) is 27.7. The number of anilines is 1. The van der Waals surface area contributed by atoms with Gasteiger partial charge in [-0.2, -0.15) is 0 Å². The number of fused-ring (bicyclic) bond motifs is 3. The minimum atomic E-state index is -1.76. The number of rotatable bonds is 3. The van der Waals surface area contributed by atoms with Crippen LogP contribution in [0.1, 0.15) is 36.8 Å². The highest BCUT2D eigenvalue weighted by Gasteiger charge is 2.56. The maximum atomic E-state index is 13.9. The van der Waals surface area contributed by atoms with Crippen molar-refractivity contribution in [3.8, 4) is 5.75 Å². The molecule has 2 amide bonds. The molecule has 6 rings (SSSR count). The third-order valence-corrected chi connectivity index (χ3v) is 8.57. The molecule has 0 bridgehead atoms. The van der Waals surface area contributed by atoms with Gasteiger partial charge < -0.3 is 15.2 Å². The maximum absolute atomic E-state index is 13.9. The number of phenolic OH excluding ortho intramolecular Hbond substituents is 1. The lowest BCUT2D eigenvalue weighted by molar-refractivity contribution is -0.123. The fourth-order valence-corrected chi connectivity index (χ4v) is 6.71. The van der Waals surface area contributed by atoms with E-state index in [-0.39, 0.29) is 47.2 Å². The molecular weight excluding hydrogens is 497 g/mol. The summed E-state index contributed by atoms with van der Waals surface area (Å²) in [5.74, 6) is -4.00. The molecule has 0 saturated carbocycles. The molecule has 0 unspecified atom stereocenters. The van der Waals surface area contributed by atoms with Crippen molar-refractivity contribution in [1.29, 1.82) is 0 Å². The van der Waals surface area contributed by atoms with Gasteiger partial charge in [0.05, 0.1) is 17.5 Å². The van der Waals surface area contributed by atoms with Crippen LogP contribution in [0.2, 0.25) is 0 Å². The molecular formula is C30H26BNO7. The summed E-state index contributed by atoms with van der Waals surface area (Å²) in [4.78, 5) is 55.3. The number of Topliss-reactive ketones (excluding diaryl/α,β-unsaturated/α-hetero) is 1. The van der Waals surface area contributed by atoms with Crippen LogP contribution in [0.25, 0.3) is 0 Å². The van der Waals surface area contributed by atoms with Crippen LogP contribution in [0.3, 0.4) is 0 Å². The number of carbonyl (C=O) groups is 4. The van der Waals surface area contributed by atoms with Gasteiger partial charge in [-0.3, -0.25) is 24.1 Å². The van der Waals surface area contributed by atoms with E-state index in [1.807, 2.05) is 6.08 Å². The summed E-state index contributed by atoms with van der Waals surface area (Å²) < 4.78 is 0. The lowest BCUT2D eigenvalue weighted by Crippen LogP contribution is -2.40. The van der Waals surface area contributed by atoms with Gasteiger partial charge in [0, 0.05) is 28.2 Å². The Labute approximate surface area is 225 Å². The van der Waals surface area contributed by atoms with E-state index in [0.717, 1.165) is 10.5 Å². The van der Waals surface area contributed by atoms with Crippen LogP contribution < -0.4 is 10.4 Å². The number of nitrogens with zero attached hydrogens (tertiary/aromatic N) is 1. The number of imide groups is 1. The van der Waals surface area contributed by atoms with Crippen molar-refractivity contribution in [2.75, 3.05) is 4.90 Å². The number of phenols is 1. The number of hydrogen-bond donors (Lipinski definition) is 3. The molecule has 1 heterocycles. The van der Waals surface area contributed by atoms with Crippen LogP contribution in [0.5, 0.6) is 5.75 Å². The second-order valence-electron chi connectivity index (χ2n) is 10.7. The Balaban J connectivity index is 1.49. The molecule has 1 fully saturated rings. The van der Waals surface area contributed by atoms with Crippen molar-refractivity contribution in [3.63, 3.8) is 0 Å². The topological polar surface area (TPSA) is 132 Å². The van der Waals surface area contributed by atoms with Gasteiger partial charge in [0.2, 0.25) is 11.8 Å². The first kappa shape index (κ1) is 25.2. The molecule has 4 aliphatic rings. The van der Waals surface area contributed by atoms with Gasteiger partial charge in [-0.25, -0.2) is 0 Å². The van der Waals surface area contributed by atoms with E-state index in [9.17, 15) is 34.3 Å². The number of amides is 2. The first-order valence-electron chi connectivity index (χ1n) is 12.9. The summed E-state index contributed by atoms with van der Waals surface area (Å²) in [6, 6.07) is 11.3. The fourth-order valence-electron chi connectivity index (χ4n) is 6.71. The number of aryl methyl sites for hydroxylation is 1. The molecule has 3 N–H and O–H groups in total. The Kier molecular flexibility index (Phi) is 5.82. The predicted molar refractivity (Wildman–Crippen MR) is 143 cm³/mol. The largest absolute Gasteiger partial charge is 0.507 e. The minimum Gasteiger partial charge on any atom is -0.507 e. The van der Waals surface area contributed by atoms with E-state index >= 15 is 0 Å². The van der Waals surface area contributed by atoms with Crippen LogP contribution in [-0.4, -0.2) is 45.7 Å². The average molecular weight is 523 g/mol. The Hall–Kier alpha value is -4.08. The van der Waals surface area contributed by atoms with Gasteiger partial charge in [0.25, 0.3) is 0 Å². The van der Waals surface area contributed by atoms with Gasteiger partial charge >= 0.3 is 7.12 Å². The molecule has 1 saturated heterocycles. The number of carbonyl (C=O) groups excluding carboxylic acids is 4. The summed E-state index contributed by atoms with van der Waals surface area (Å²) in [5, 5.41) is 30.3. The molecule has 0 aromatic heterocycles. The van der Waals surface area contributed by atoms with Crippen molar-refractivity contribution < 1.29 is 34.3 Å². The van der Waals surface area contributed by atoms with Gasteiger partial charge in [-0.1, -0.05) is 42.0 Å². The van der Waals surface area contributed by atoms with Crippen molar-refractivity contribution in [3.05, 3.63) is 88.0 Å². The third kappa shape index (κ3) is 3.68. The summed E-state index contributed by atoms with van der Waals surface area (Å²) in [6.07, 6.45) is 3.63. The van der Waals surface area contributed by atoms with E-state index in [4.69, 9.17) is 0 Å². The van der Waals surface area contributed by atoms with Crippen LogP contribution in [0.15, 0.2) is 76.9 Å². The van der Waals surface area contributed by atoms with Crippen LogP contribution in [0.4, 0.5) is 5.69 Å². The second kappa shape index (κ2) is 9.00. The molecule has 39 heavy (non-hydrogen) atoms. The first-order chi connectivity index (χ1) is 18.6. The fraction of sp³-hybridized carbons (Fsp3) is 0.267. The van der Waals surface area contributed by atoms with Crippen molar-refractivity contribution >= 4 is 41.6 Å². The van der Waals surface area contributed by atoms with Gasteiger partial charge in [-0.15, -0.1) is 0 Å². The lowest BCUT2D eigenvalue weighted by atomic mass is 9.59. The van der Waals surface area contributed by atoms with Crippen LogP contribution in [0, 0.1) is 24.7 Å². The average Bonchev–Trinajstić information content (AvgIpc) is 3.17. The Morgan fingerprint density at radius 3 is 2.44 bits per heavy atom. The highest BCUT2D eigenvalue weighted by molar-refractivity contribution is 6.58. The van der Waals surface area contributed by atoms with Gasteiger partial charge in [0.15, 0.2) is 11.6 Å². The van der Waals surface area contributed by atoms with Crippen molar-refractivity contribution in [2.45, 2.75) is 32.6 Å². The van der Waals surface area contributed by atoms with Gasteiger partial charge in [-0.05, 0) is 61.8 Å². The molecule has 0 radical (unpaired) electrons. The monoisotopic (exact) mass is 523 g/mol. The zero-order valence-corrected chi connectivity index (χ0v) is 21.4. The summed E-state index contributed by atoms with van der Waals surface area (Å²) in [7, 11) is -1.76. The zero-order valence-electron chi connectivity index (χ0n) is 21.4. The second-order valence-corrected chi connectivity index (χ2v) is 10.7. The smallest absolute Gasteiger partial charge is 0.488 e. The number of allylic oxidation sites excluding steroid dienone is 6. The molecule has 2 aromatic carbocycles. The van der Waals surface area contributed by atoms with Crippen LogP contribution in [-0.2, 0) is 19.2 Å².